The number of carbonyl (C=O) groups is 1. The monoisotopic (exact) mass is 363 g/mol. The number of carbonyl (C=O) groups excluding carboxylic acids is 1. The van der Waals surface area contributed by atoms with Crippen LogP contribution in [-0.4, -0.2) is 52.7 Å². The fourth-order valence-electron chi connectivity index (χ4n) is 2.91. The van der Waals surface area contributed by atoms with Crippen molar-refractivity contribution in [3.63, 3.8) is 0 Å². The molecule has 7 nitrogen and oxygen atoms in total. The third-order valence-corrected chi connectivity index (χ3v) is 4.00. The summed E-state index contributed by atoms with van der Waals surface area (Å²) in [6, 6.07) is 6.70. The number of hydroxylamine groups is 2. The Morgan fingerprint density at radius 3 is 2.46 bits per heavy atom. The molecule has 7 heteroatoms. The molecule has 0 saturated carbocycles. The number of methoxy groups -OCH3 is 1. The van der Waals surface area contributed by atoms with Gasteiger partial charge in [0.1, 0.15) is 11.7 Å². The third-order valence-electron chi connectivity index (χ3n) is 4.00. The van der Waals surface area contributed by atoms with Gasteiger partial charge in [-0.25, -0.2) is 9.59 Å². The molecule has 0 amide bonds. The quantitative estimate of drug-likeness (QED) is 0.776. The summed E-state index contributed by atoms with van der Waals surface area (Å²) in [6.45, 7) is 7.12. The number of nitrogens with zero attached hydrogens (tertiary/aromatic N) is 1. The maximum Gasteiger partial charge on any atom is 0.334 e. The van der Waals surface area contributed by atoms with Crippen LogP contribution in [-0.2, 0) is 25.6 Å². The second-order valence-corrected chi connectivity index (χ2v) is 7.34. The highest BCUT2D eigenvalue weighted by molar-refractivity contribution is 5.74. The molecule has 0 bridgehead atoms. The molecule has 0 aromatic heterocycles. The molecule has 2 rings (SSSR count). The summed E-state index contributed by atoms with van der Waals surface area (Å²) in [5, 5.41) is 11.1. The van der Waals surface area contributed by atoms with Gasteiger partial charge in [-0.05, 0) is 51.8 Å². The van der Waals surface area contributed by atoms with E-state index in [0.29, 0.717) is 12.2 Å². The molecule has 1 aliphatic heterocycles. The Bertz CT molecular complexity index is 689. The van der Waals surface area contributed by atoms with Crippen LogP contribution < -0.4 is 4.74 Å². The van der Waals surface area contributed by atoms with E-state index in [2.05, 4.69) is 0 Å². The summed E-state index contributed by atoms with van der Waals surface area (Å²) in [7, 11) is 1.58. The lowest BCUT2D eigenvalue weighted by atomic mass is 10.0. The molecule has 1 aromatic rings. The Kier molecular flexibility index (Phi) is 5.88. The number of hydrogen-bond donors (Lipinski definition) is 1. The largest absolute Gasteiger partial charge is 0.497 e. The maximum absolute atomic E-state index is 11.8. The van der Waals surface area contributed by atoms with Crippen molar-refractivity contribution < 1.29 is 29.0 Å². The highest BCUT2D eigenvalue weighted by Gasteiger charge is 2.54. The molecule has 0 spiro atoms. The van der Waals surface area contributed by atoms with Gasteiger partial charge in [0.25, 0.3) is 0 Å². The van der Waals surface area contributed by atoms with Crippen LogP contribution in [0.4, 0.5) is 0 Å². The normalized spacial score (nSPS) is 26.3. The van der Waals surface area contributed by atoms with E-state index in [1.54, 1.807) is 32.1 Å². The van der Waals surface area contributed by atoms with Gasteiger partial charge in [-0.3, -0.25) is 4.84 Å². The average molecular weight is 363 g/mol. The average Bonchev–Trinajstić information content (AvgIpc) is 2.80. The van der Waals surface area contributed by atoms with Crippen LogP contribution in [0.3, 0.4) is 0 Å². The molecule has 26 heavy (non-hydrogen) atoms. The first-order valence-corrected chi connectivity index (χ1v) is 8.34. The molecule has 142 valence electrons. The van der Waals surface area contributed by atoms with Crippen LogP contribution >= 0.6 is 0 Å². The van der Waals surface area contributed by atoms with Gasteiger partial charge in [0.2, 0.25) is 0 Å². The molecular formula is C19H25NO6. The smallest absolute Gasteiger partial charge is 0.334 e. The first-order valence-electron chi connectivity index (χ1n) is 8.34. The Labute approximate surface area is 153 Å². The molecule has 3 atom stereocenters. The van der Waals surface area contributed by atoms with Crippen LogP contribution in [0.25, 0.3) is 0 Å². The standard InChI is InChI=1S/C19H25NO6/c1-18(2,3)26-20-15(12-13-6-8-14(24-5)9-7-13)16(17(22)23)25-19(20,4)10-11-21/h6-10,15-16H,12H2,1-5H3,(H,22,23)/t15-,16+,19?/m1/s1. The van der Waals surface area contributed by atoms with Crippen molar-refractivity contribution in [1.82, 2.24) is 5.06 Å². The lowest BCUT2D eigenvalue weighted by Crippen LogP contribution is -2.50. The third kappa shape index (κ3) is 4.51. The van der Waals surface area contributed by atoms with E-state index in [9.17, 15) is 14.7 Å². The van der Waals surface area contributed by atoms with Gasteiger partial charge in [-0.1, -0.05) is 12.1 Å². The van der Waals surface area contributed by atoms with E-state index < -0.39 is 29.4 Å². The lowest BCUT2D eigenvalue weighted by Gasteiger charge is -2.37. The highest BCUT2D eigenvalue weighted by atomic mass is 16.8. The van der Waals surface area contributed by atoms with Gasteiger partial charge in [0.05, 0.1) is 18.8 Å². The van der Waals surface area contributed by atoms with Gasteiger partial charge in [-0.2, -0.15) is 0 Å². The molecule has 1 saturated heterocycles. The number of ether oxygens (including phenoxy) is 2. The molecule has 1 heterocycles. The van der Waals surface area contributed by atoms with E-state index in [1.165, 1.54) is 5.06 Å². The van der Waals surface area contributed by atoms with Crippen LogP contribution in [0, 0.1) is 0 Å². The summed E-state index contributed by atoms with van der Waals surface area (Å²) in [4.78, 5) is 28.7. The van der Waals surface area contributed by atoms with Gasteiger partial charge < -0.3 is 14.6 Å². The van der Waals surface area contributed by atoms with Crippen molar-refractivity contribution in [1.29, 1.82) is 0 Å². The Balaban J connectivity index is 2.40. The minimum Gasteiger partial charge on any atom is -0.497 e. The maximum atomic E-state index is 11.8. The van der Waals surface area contributed by atoms with Crippen molar-refractivity contribution in [2.75, 3.05) is 7.11 Å². The van der Waals surface area contributed by atoms with Crippen LogP contribution in [0.2, 0.25) is 0 Å². The molecule has 1 fully saturated rings. The van der Waals surface area contributed by atoms with E-state index in [-0.39, 0.29) is 0 Å². The Hall–Kier alpha value is -2.18. The number of carboxylic acid groups (broad SMARTS) is 1. The van der Waals surface area contributed by atoms with E-state index in [4.69, 9.17) is 14.3 Å². The zero-order chi connectivity index (χ0) is 19.5. The lowest BCUT2D eigenvalue weighted by molar-refractivity contribution is -0.293. The summed E-state index contributed by atoms with van der Waals surface area (Å²) >= 11 is 0. The molecule has 0 radical (unpaired) electrons. The number of hydrogen-bond acceptors (Lipinski definition) is 6. The first-order chi connectivity index (χ1) is 12.1. The van der Waals surface area contributed by atoms with Crippen molar-refractivity contribution in [3.8, 4) is 5.75 Å². The molecular weight excluding hydrogens is 338 g/mol. The molecule has 1 aliphatic rings. The Morgan fingerprint density at radius 1 is 1.38 bits per heavy atom. The van der Waals surface area contributed by atoms with Crippen molar-refractivity contribution >= 4 is 11.9 Å². The summed E-state index contributed by atoms with van der Waals surface area (Å²) in [6.07, 6.45) is 0.344. The SMILES string of the molecule is COc1ccc(C[C@@H]2[C@@H](C(=O)O)OC(C)(C=C=O)N2OC(C)(C)C)cc1. The second kappa shape index (κ2) is 7.60. The molecule has 1 aromatic carbocycles. The van der Waals surface area contributed by atoms with Gasteiger partial charge >= 0.3 is 5.97 Å². The fourth-order valence-corrected chi connectivity index (χ4v) is 2.91. The van der Waals surface area contributed by atoms with Crippen LogP contribution in [0.15, 0.2) is 30.3 Å². The number of rotatable bonds is 6. The zero-order valence-electron chi connectivity index (χ0n) is 15.7. The number of benzene rings is 1. The summed E-state index contributed by atoms with van der Waals surface area (Å²) in [5.41, 5.74) is -1.03. The number of carboxylic acids is 1. The van der Waals surface area contributed by atoms with E-state index >= 15 is 0 Å². The van der Waals surface area contributed by atoms with E-state index in [0.717, 1.165) is 11.6 Å². The van der Waals surface area contributed by atoms with Gasteiger partial charge in [0, 0.05) is 6.08 Å². The predicted octanol–water partition coefficient (Wildman–Crippen LogP) is 2.23. The topological polar surface area (TPSA) is 85.3 Å². The van der Waals surface area contributed by atoms with Crippen LogP contribution in [0.1, 0.15) is 33.3 Å². The summed E-state index contributed by atoms with van der Waals surface area (Å²) < 4.78 is 10.8. The van der Waals surface area contributed by atoms with Gasteiger partial charge in [0.15, 0.2) is 11.8 Å². The Morgan fingerprint density at radius 2 is 2.00 bits per heavy atom. The fraction of sp³-hybridized carbons (Fsp3) is 0.526. The summed E-state index contributed by atoms with van der Waals surface area (Å²) in [5.74, 6) is 1.29. The van der Waals surface area contributed by atoms with Crippen LogP contribution in [0.5, 0.6) is 5.75 Å². The minimum atomic E-state index is -1.32. The molecule has 1 N–H and O–H groups in total. The zero-order valence-corrected chi connectivity index (χ0v) is 15.7. The molecule has 0 aliphatic carbocycles. The highest BCUT2D eigenvalue weighted by Crippen LogP contribution is 2.37. The van der Waals surface area contributed by atoms with E-state index in [1.807, 2.05) is 32.9 Å². The minimum absolute atomic E-state index is 0.360. The predicted molar refractivity (Wildman–Crippen MR) is 94.3 cm³/mol. The second-order valence-electron chi connectivity index (χ2n) is 7.34. The molecule has 1 unspecified atom stereocenters. The van der Waals surface area contributed by atoms with Crippen molar-refractivity contribution in [2.45, 2.75) is 57.6 Å². The van der Waals surface area contributed by atoms with Crippen molar-refractivity contribution in [2.24, 2.45) is 0 Å². The first kappa shape index (κ1) is 20.1. The number of aliphatic carboxylic acids is 1. The van der Waals surface area contributed by atoms with Gasteiger partial charge in [-0.15, -0.1) is 5.06 Å². The van der Waals surface area contributed by atoms with Crippen molar-refractivity contribution in [3.05, 3.63) is 35.9 Å².